The molecular formula is C13H20N2O. The summed E-state index contributed by atoms with van der Waals surface area (Å²) in [4.78, 5) is 11.7. The zero-order valence-corrected chi connectivity index (χ0v) is 10.2. The largest absolute Gasteiger partial charge is 0.324 e. The number of carbonyl (C=O) groups excluding carboxylic acids is 1. The second-order valence-electron chi connectivity index (χ2n) is 4.13. The maximum atomic E-state index is 11.7. The molecule has 0 aliphatic heterocycles. The minimum atomic E-state index is -0.412. The third kappa shape index (κ3) is 3.07. The lowest BCUT2D eigenvalue weighted by Gasteiger charge is -2.14. The summed E-state index contributed by atoms with van der Waals surface area (Å²) in [5.74, 6) is -0.101. The van der Waals surface area contributed by atoms with Crippen molar-refractivity contribution in [2.45, 2.75) is 39.7 Å². The predicted octanol–water partition coefficient (Wildman–Crippen LogP) is 2.37. The molecule has 1 atom stereocenters. The molecule has 1 rings (SSSR count). The summed E-state index contributed by atoms with van der Waals surface area (Å²) in [5.41, 5.74) is 8.87. The van der Waals surface area contributed by atoms with Crippen molar-refractivity contribution in [2.75, 3.05) is 5.32 Å². The van der Waals surface area contributed by atoms with Crippen molar-refractivity contribution < 1.29 is 4.79 Å². The van der Waals surface area contributed by atoms with Gasteiger partial charge in [0.1, 0.15) is 0 Å². The zero-order valence-electron chi connectivity index (χ0n) is 10.2. The van der Waals surface area contributed by atoms with Crippen LogP contribution in [-0.4, -0.2) is 11.9 Å². The highest BCUT2D eigenvalue weighted by atomic mass is 16.2. The van der Waals surface area contributed by atoms with Gasteiger partial charge in [0, 0.05) is 5.69 Å². The Morgan fingerprint density at radius 1 is 1.44 bits per heavy atom. The second kappa shape index (κ2) is 5.66. The first-order valence-corrected chi connectivity index (χ1v) is 5.69. The Bertz CT molecular complexity index is 374. The van der Waals surface area contributed by atoms with Crippen molar-refractivity contribution in [3.63, 3.8) is 0 Å². The summed E-state index contributed by atoms with van der Waals surface area (Å²) in [6.07, 6.45) is 1.64. The van der Waals surface area contributed by atoms with E-state index < -0.39 is 6.04 Å². The molecule has 3 heteroatoms. The normalized spacial score (nSPS) is 12.2. The molecule has 0 saturated carbocycles. The van der Waals surface area contributed by atoms with Gasteiger partial charge in [0.15, 0.2) is 0 Å². The van der Waals surface area contributed by atoms with Gasteiger partial charge in [0.05, 0.1) is 6.04 Å². The highest BCUT2D eigenvalue weighted by Crippen LogP contribution is 2.18. The molecule has 0 aromatic heterocycles. The molecule has 1 amide bonds. The lowest BCUT2D eigenvalue weighted by molar-refractivity contribution is -0.117. The number of aryl methyl sites for hydroxylation is 1. The van der Waals surface area contributed by atoms with Crippen LogP contribution in [0.15, 0.2) is 18.2 Å². The number of amides is 1. The van der Waals surface area contributed by atoms with E-state index in [0.717, 1.165) is 24.1 Å². The maximum Gasteiger partial charge on any atom is 0.241 e. The number of hydrogen-bond acceptors (Lipinski definition) is 2. The van der Waals surface area contributed by atoms with Gasteiger partial charge in [0.25, 0.3) is 0 Å². The Hall–Kier alpha value is -1.35. The molecular weight excluding hydrogens is 200 g/mol. The highest BCUT2D eigenvalue weighted by Gasteiger charge is 2.13. The van der Waals surface area contributed by atoms with Gasteiger partial charge in [0.2, 0.25) is 5.91 Å². The molecule has 3 nitrogen and oxygen atoms in total. The molecule has 0 aliphatic rings. The Labute approximate surface area is 97.0 Å². The molecule has 0 unspecified atom stereocenters. The molecule has 0 radical (unpaired) electrons. The Balaban J connectivity index is 2.73. The van der Waals surface area contributed by atoms with E-state index in [2.05, 4.69) is 5.32 Å². The van der Waals surface area contributed by atoms with Gasteiger partial charge in [-0.15, -0.1) is 0 Å². The smallest absolute Gasteiger partial charge is 0.241 e. The van der Waals surface area contributed by atoms with Gasteiger partial charge in [-0.2, -0.15) is 0 Å². The first-order valence-electron chi connectivity index (χ1n) is 5.69. The van der Waals surface area contributed by atoms with E-state index in [9.17, 15) is 4.79 Å². The van der Waals surface area contributed by atoms with Crippen LogP contribution in [-0.2, 0) is 4.79 Å². The van der Waals surface area contributed by atoms with Crippen LogP contribution in [0.25, 0.3) is 0 Å². The van der Waals surface area contributed by atoms with Crippen LogP contribution < -0.4 is 11.1 Å². The second-order valence-corrected chi connectivity index (χ2v) is 4.13. The monoisotopic (exact) mass is 220 g/mol. The average Bonchev–Trinajstić information content (AvgIpc) is 2.25. The van der Waals surface area contributed by atoms with E-state index in [1.54, 1.807) is 0 Å². The summed E-state index contributed by atoms with van der Waals surface area (Å²) < 4.78 is 0. The van der Waals surface area contributed by atoms with Crippen LogP contribution in [0, 0.1) is 13.8 Å². The van der Waals surface area contributed by atoms with Crippen molar-refractivity contribution in [3.05, 3.63) is 29.3 Å². The average molecular weight is 220 g/mol. The molecule has 0 aliphatic carbocycles. The molecule has 0 heterocycles. The zero-order chi connectivity index (χ0) is 12.1. The number of rotatable bonds is 4. The Kier molecular flexibility index (Phi) is 4.50. The molecule has 1 aromatic carbocycles. The molecule has 1 aromatic rings. The Morgan fingerprint density at radius 3 is 2.75 bits per heavy atom. The molecule has 3 N–H and O–H groups in total. The van der Waals surface area contributed by atoms with Crippen LogP contribution in [0.4, 0.5) is 5.69 Å². The number of anilines is 1. The van der Waals surface area contributed by atoms with E-state index in [0.29, 0.717) is 0 Å². The van der Waals surface area contributed by atoms with Crippen molar-refractivity contribution in [1.29, 1.82) is 0 Å². The minimum Gasteiger partial charge on any atom is -0.324 e. The Morgan fingerprint density at radius 2 is 2.12 bits per heavy atom. The van der Waals surface area contributed by atoms with Gasteiger partial charge in [-0.05, 0) is 37.5 Å². The van der Waals surface area contributed by atoms with E-state index in [1.165, 1.54) is 5.56 Å². The van der Waals surface area contributed by atoms with E-state index >= 15 is 0 Å². The number of carbonyl (C=O) groups is 1. The predicted molar refractivity (Wildman–Crippen MR) is 67.4 cm³/mol. The molecule has 0 saturated heterocycles. The number of nitrogens with one attached hydrogen (secondary N) is 1. The number of nitrogens with two attached hydrogens (primary N) is 1. The lowest BCUT2D eigenvalue weighted by atomic mass is 10.1. The summed E-state index contributed by atoms with van der Waals surface area (Å²) in [7, 11) is 0. The van der Waals surface area contributed by atoms with E-state index in [-0.39, 0.29) is 5.91 Å². The fourth-order valence-electron chi connectivity index (χ4n) is 1.55. The quantitative estimate of drug-likeness (QED) is 0.818. The fraction of sp³-hybridized carbons (Fsp3) is 0.462. The van der Waals surface area contributed by atoms with Crippen molar-refractivity contribution in [3.8, 4) is 0 Å². The van der Waals surface area contributed by atoms with Gasteiger partial charge in [-0.25, -0.2) is 0 Å². The molecule has 0 fully saturated rings. The minimum absolute atomic E-state index is 0.101. The van der Waals surface area contributed by atoms with Gasteiger partial charge >= 0.3 is 0 Å². The molecule has 16 heavy (non-hydrogen) atoms. The standard InChI is InChI=1S/C13H20N2O/c1-4-6-11(14)13(16)15-12-8-5-7-9(2)10(12)3/h5,7-8,11H,4,6,14H2,1-3H3,(H,15,16)/t11-/m0/s1. The number of benzene rings is 1. The topological polar surface area (TPSA) is 55.1 Å². The third-order valence-corrected chi connectivity index (χ3v) is 2.80. The molecule has 0 bridgehead atoms. The van der Waals surface area contributed by atoms with E-state index in [4.69, 9.17) is 5.73 Å². The highest BCUT2D eigenvalue weighted by molar-refractivity contribution is 5.95. The van der Waals surface area contributed by atoms with Crippen molar-refractivity contribution >= 4 is 11.6 Å². The van der Waals surface area contributed by atoms with Gasteiger partial charge in [-0.1, -0.05) is 25.5 Å². The van der Waals surface area contributed by atoms with Gasteiger partial charge < -0.3 is 11.1 Å². The number of hydrogen-bond donors (Lipinski definition) is 2. The van der Waals surface area contributed by atoms with Gasteiger partial charge in [-0.3, -0.25) is 4.79 Å². The third-order valence-electron chi connectivity index (χ3n) is 2.80. The first-order chi connectivity index (χ1) is 7.56. The SMILES string of the molecule is CCC[C@H](N)C(=O)Nc1cccc(C)c1C. The van der Waals surface area contributed by atoms with Crippen LogP contribution in [0.5, 0.6) is 0 Å². The van der Waals surface area contributed by atoms with Crippen LogP contribution in [0.1, 0.15) is 30.9 Å². The van der Waals surface area contributed by atoms with Crippen LogP contribution >= 0.6 is 0 Å². The lowest BCUT2D eigenvalue weighted by Crippen LogP contribution is -2.35. The summed E-state index contributed by atoms with van der Waals surface area (Å²) >= 11 is 0. The summed E-state index contributed by atoms with van der Waals surface area (Å²) in [5, 5.41) is 2.87. The van der Waals surface area contributed by atoms with Crippen molar-refractivity contribution in [2.24, 2.45) is 5.73 Å². The van der Waals surface area contributed by atoms with E-state index in [1.807, 2.05) is 39.0 Å². The summed E-state index contributed by atoms with van der Waals surface area (Å²) in [6, 6.07) is 5.45. The van der Waals surface area contributed by atoms with Crippen LogP contribution in [0.2, 0.25) is 0 Å². The van der Waals surface area contributed by atoms with Crippen molar-refractivity contribution in [1.82, 2.24) is 0 Å². The molecule has 88 valence electrons. The fourth-order valence-corrected chi connectivity index (χ4v) is 1.55. The van der Waals surface area contributed by atoms with Crippen LogP contribution in [0.3, 0.4) is 0 Å². The first kappa shape index (κ1) is 12.7. The maximum absolute atomic E-state index is 11.7. The summed E-state index contributed by atoms with van der Waals surface area (Å²) in [6.45, 7) is 6.04. The molecule has 0 spiro atoms.